The quantitative estimate of drug-likeness (QED) is 0.678. The maximum Gasteiger partial charge on any atom is 0.321 e. The number of hydrogen-bond acceptors (Lipinski definition) is 2. The molecule has 0 atom stereocenters. The molecular weight excluding hydrogens is 184 g/mol. The summed E-state index contributed by atoms with van der Waals surface area (Å²) < 4.78 is 0. The van der Waals surface area contributed by atoms with E-state index in [0.29, 0.717) is 0 Å². The number of aliphatic carboxylic acids is 2. The monoisotopic (exact) mass is 200 g/mol. The number of hydrogen-bond donors (Lipinski definition) is 2. The van der Waals surface area contributed by atoms with E-state index in [4.69, 9.17) is 10.2 Å². The van der Waals surface area contributed by atoms with Crippen LogP contribution in [-0.4, -0.2) is 22.2 Å². The molecule has 1 fully saturated rings. The van der Waals surface area contributed by atoms with Crippen molar-refractivity contribution >= 4 is 11.9 Å². The molecule has 0 amide bonds. The van der Waals surface area contributed by atoms with E-state index in [1.165, 1.54) is 0 Å². The van der Waals surface area contributed by atoms with Crippen molar-refractivity contribution in [2.24, 2.45) is 11.3 Å². The topological polar surface area (TPSA) is 74.6 Å². The highest BCUT2D eigenvalue weighted by Gasteiger charge is 2.51. The Balaban J connectivity index is 2.99. The Bertz CT molecular complexity index is 227. The van der Waals surface area contributed by atoms with Crippen LogP contribution in [0.5, 0.6) is 0 Å². The number of rotatable bonds is 4. The molecule has 0 aliphatic heterocycles. The minimum Gasteiger partial charge on any atom is -0.480 e. The van der Waals surface area contributed by atoms with Gasteiger partial charge in [-0.25, -0.2) is 0 Å². The van der Waals surface area contributed by atoms with Crippen LogP contribution >= 0.6 is 0 Å². The van der Waals surface area contributed by atoms with E-state index in [2.05, 4.69) is 0 Å². The highest BCUT2D eigenvalue weighted by atomic mass is 16.4. The first-order chi connectivity index (χ1) is 6.55. The lowest BCUT2D eigenvalue weighted by atomic mass is 9.72. The summed E-state index contributed by atoms with van der Waals surface area (Å²) in [6.07, 6.45) is 3.53. The van der Waals surface area contributed by atoms with E-state index in [1.807, 2.05) is 0 Å². The first-order valence-electron chi connectivity index (χ1n) is 5.02. The van der Waals surface area contributed by atoms with Gasteiger partial charge in [0.05, 0.1) is 0 Å². The van der Waals surface area contributed by atoms with Crippen molar-refractivity contribution in [3.05, 3.63) is 0 Å². The van der Waals surface area contributed by atoms with Gasteiger partial charge < -0.3 is 10.2 Å². The van der Waals surface area contributed by atoms with Crippen molar-refractivity contribution in [3.8, 4) is 0 Å². The van der Waals surface area contributed by atoms with Crippen LogP contribution in [0.4, 0.5) is 0 Å². The molecule has 14 heavy (non-hydrogen) atoms. The first kappa shape index (κ1) is 11.0. The molecule has 0 saturated heterocycles. The van der Waals surface area contributed by atoms with E-state index < -0.39 is 17.4 Å². The molecule has 0 spiro atoms. The number of carbonyl (C=O) groups is 2. The van der Waals surface area contributed by atoms with Crippen LogP contribution in [0.3, 0.4) is 0 Å². The summed E-state index contributed by atoms with van der Waals surface area (Å²) >= 11 is 0. The van der Waals surface area contributed by atoms with Crippen LogP contribution in [0.2, 0.25) is 0 Å². The molecule has 0 heterocycles. The lowest BCUT2D eigenvalue weighted by Gasteiger charge is -2.29. The predicted octanol–water partition coefficient (Wildman–Crippen LogP) is 1.74. The number of carboxylic acids is 2. The third-order valence-electron chi connectivity index (χ3n) is 3.37. The molecule has 0 bridgehead atoms. The van der Waals surface area contributed by atoms with Gasteiger partial charge in [0, 0.05) is 0 Å². The van der Waals surface area contributed by atoms with Gasteiger partial charge in [0.1, 0.15) is 0 Å². The number of carboxylic acid groups (broad SMARTS) is 2. The van der Waals surface area contributed by atoms with Crippen molar-refractivity contribution in [1.29, 1.82) is 0 Å². The average molecular weight is 200 g/mol. The third kappa shape index (κ3) is 1.49. The standard InChI is InChI=1S/C10H16O4/c1-2-10(8(11)12,9(13)14)7-5-3-4-6-7/h7H,2-6H2,1H3,(H,11,12)(H,13,14). The zero-order valence-electron chi connectivity index (χ0n) is 8.32. The maximum absolute atomic E-state index is 11.1. The van der Waals surface area contributed by atoms with Crippen LogP contribution in [0.25, 0.3) is 0 Å². The summed E-state index contributed by atoms with van der Waals surface area (Å²) in [5.74, 6) is -2.55. The van der Waals surface area contributed by atoms with Crippen molar-refractivity contribution < 1.29 is 19.8 Å². The van der Waals surface area contributed by atoms with Crippen molar-refractivity contribution in [1.82, 2.24) is 0 Å². The Kier molecular flexibility index (Phi) is 3.13. The summed E-state index contributed by atoms with van der Waals surface area (Å²) in [4.78, 5) is 22.2. The zero-order valence-corrected chi connectivity index (χ0v) is 8.32. The summed E-state index contributed by atoms with van der Waals surface area (Å²) in [6.45, 7) is 1.64. The van der Waals surface area contributed by atoms with E-state index in [0.717, 1.165) is 25.7 Å². The van der Waals surface area contributed by atoms with Gasteiger partial charge in [-0.15, -0.1) is 0 Å². The van der Waals surface area contributed by atoms with E-state index in [1.54, 1.807) is 6.92 Å². The highest BCUT2D eigenvalue weighted by molar-refractivity contribution is 5.98. The Labute approximate surface area is 82.9 Å². The smallest absolute Gasteiger partial charge is 0.321 e. The van der Waals surface area contributed by atoms with Crippen molar-refractivity contribution in [2.45, 2.75) is 39.0 Å². The van der Waals surface area contributed by atoms with Crippen LogP contribution in [0.15, 0.2) is 0 Å². The van der Waals surface area contributed by atoms with Crippen molar-refractivity contribution in [3.63, 3.8) is 0 Å². The van der Waals surface area contributed by atoms with Gasteiger partial charge in [-0.3, -0.25) is 9.59 Å². The molecule has 2 N–H and O–H groups in total. The van der Waals surface area contributed by atoms with E-state index in [-0.39, 0.29) is 12.3 Å². The Morgan fingerprint density at radius 3 is 1.93 bits per heavy atom. The molecule has 0 radical (unpaired) electrons. The lowest BCUT2D eigenvalue weighted by molar-refractivity contribution is -0.169. The average Bonchev–Trinajstić information content (AvgIpc) is 2.58. The molecule has 0 unspecified atom stereocenters. The SMILES string of the molecule is CCC(C(=O)O)(C(=O)O)C1CCCC1. The minimum absolute atomic E-state index is 0.169. The third-order valence-corrected chi connectivity index (χ3v) is 3.37. The minimum atomic E-state index is -1.55. The Morgan fingerprint density at radius 1 is 1.21 bits per heavy atom. The molecule has 1 rings (SSSR count). The molecule has 1 aliphatic rings. The molecule has 4 nitrogen and oxygen atoms in total. The lowest BCUT2D eigenvalue weighted by Crippen LogP contribution is -2.44. The molecule has 80 valence electrons. The van der Waals surface area contributed by atoms with Gasteiger partial charge in [0.25, 0.3) is 0 Å². The molecule has 0 aromatic carbocycles. The molecule has 1 saturated carbocycles. The summed E-state index contributed by atoms with van der Waals surface area (Å²) in [6, 6.07) is 0. The molecule has 4 heteroatoms. The molecule has 0 aromatic rings. The zero-order chi connectivity index (χ0) is 10.8. The molecule has 1 aliphatic carbocycles. The fraction of sp³-hybridized carbons (Fsp3) is 0.800. The van der Waals surface area contributed by atoms with E-state index in [9.17, 15) is 9.59 Å². The van der Waals surface area contributed by atoms with Crippen LogP contribution < -0.4 is 0 Å². The van der Waals surface area contributed by atoms with Gasteiger partial charge in [-0.1, -0.05) is 19.8 Å². The van der Waals surface area contributed by atoms with Gasteiger partial charge in [-0.2, -0.15) is 0 Å². The molecule has 0 aromatic heterocycles. The highest BCUT2D eigenvalue weighted by Crippen LogP contribution is 2.42. The predicted molar refractivity (Wildman–Crippen MR) is 50.0 cm³/mol. The second-order valence-corrected chi connectivity index (χ2v) is 3.92. The Hall–Kier alpha value is -1.06. The van der Waals surface area contributed by atoms with Crippen LogP contribution in [0, 0.1) is 11.3 Å². The summed E-state index contributed by atoms with van der Waals surface area (Å²) in [5, 5.41) is 18.1. The normalized spacial score (nSPS) is 18.4. The fourth-order valence-corrected chi connectivity index (χ4v) is 2.45. The largest absolute Gasteiger partial charge is 0.480 e. The summed E-state index contributed by atoms with van der Waals surface area (Å²) in [5.41, 5.74) is -1.55. The van der Waals surface area contributed by atoms with Crippen LogP contribution in [0.1, 0.15) is 39.0 Å². The van der Waals surface area contributed by atoms with Crippen molar-refractivity contribution in [2.75, 3.05) is 0 Å². The van der Waals surface area contributed by atoms with Gasteiger partial charge in [-0.05, 0) is 25.2 Å². The molecular formula is C10H16O4. The van der Waals surface area contributed by atoms with Gasteiger partial charge >= 0.3 is 11.9 Å². The van der Waals surface area contributed by atoms with E-state index >= 15 is 0 Å². The van der Waals surface area contributed by atoms with Gasteiger partial charge in [0.2, 0.25) is 0 Å². The maximum atomic E-state index is 11.1. The van der Waals surface area contributed by atoms with Crippen LogP contribution in [-0.2, 0) is 9.59 Å². The van der Waals surface area contributed by atoms with Gasteiger partial charge in [0.15, 0.2) is 5.41 Å². The summed E-state index contributed by atoms with van der Waals surface area (Å²) in [7, 11) is 0. The fourth-order valence-electron chi connectivity index (χ4n) is 2.45. The Morgan fingerprint density at radius 2 is 1.64 bits per heavy atom. The second kappa shape index (κ2) is 3.98. The first-order valence-corrected chi connectivity index (χ1v) is 5.02. The second-order valence-electron chi connectivity index (χ2n) is 3.92.